The van der Waals surface area contributed by atoms with Gasteiger partial charge in [-0.3, -0.25) is 15.1 Å². The highest BCUT2D eigenvalue weighted by molar-refractivity contribution is 5.94. The highest BCUT2D eigenvalue weighted by Crippen LogP contribution is 2.35. The van der Waals surface area contributed by atoms with E-state index in [9.17, 15) is 10.1 Å². The SMILES string of the molecule is Cc1ccc(-n2c(-c3ccccc3)cc(C=Nc3ccc([N+](=O)[O-])cc3)c2-c2ccccc2)cc1. The monoisotopic (exact) mass is 457 g/mol. The molecule has 0 spiro atoms. The van der Waals surface area contributed by atoms with Gasteiger partial charge in [-0.15, -0.1) is 0 Å². The van der Waals surface area contributed by atoms with E-state index in [2.05, 4.69) is 71.1 Å². The quantitative estimate of drug-likeness (QED) is 0.148. The molecule has 5 rings (SSSR count). The van der Waals surface area contributed by atoms with Crippen LogP contribution in [0.1, 0.15) is 11.1 Å². The van der Waals surface area contributed by atoms with Gasteiger partial charge in [0.25, 0.3) is 5.69 Å². The van der Waals surface area contributed by atoms with Crippen LogP contribution in [-0.4, -0.2) is 15.7 Å². The van der Waals surface area contributed by atoms with Crippen LogP contribution in [0.25, 0.3) is 28.2 Å². The Morgan fingerprint density at radius 3 is 1.97 bits per heavy atom. The fourth-order valence-corrected chi connectivity index (χ4v) is 4.11. The average Bonchev–Trinajstić information content (AvgIpc) is 3.28. The molecule has 1 heterocycles. The first-order valence-corrected chi connectivity index (χ1v) is 11.3. The molecule has 0 N–H and O–H groups in total. The summed E-state index contributed by atoms with van der Waals surface area (Å²) in [6.07, 6.45) is 1.83. The smallest absolute Gasteiger partial charge is 0.269 e. The summed E-state index contributed by atoms with van der Waals surface area (Å²) in [6.45, 7) is 2.08. The molecule has 1 aromatic heterocycles. The number of benzene rings is 4. The van der Waals surface area contributed by atoms with Crippen molar-refractivity contribution < 1.29 is 4.92 Å². The average molecular weight is 458 g/mol. The van der Waals surface area contributed by atoms with Crippen molar-refractivity contribution in [2.45, 2.75) is 6.92 Å². The van der Waals surface area contributed by atoms with Crippen molar-refractivity contribution in [3.05, 3.63) is 137 Å². The van der Waals surface area contributed by atoms with Crippen molar-refractivity contribution in [1.29, 1.82) is 0 Å². The van der Waals surface area contributed by atoms with Gasteiger partial charge in [0.15, 0.2) is 0 Å². The standard InChI is InChI=1S/C30H23N3O2/c1-22-12-16-27(17-13-22)32-29(23-8-4-2-5-9-23)20-25(30(32)24-10-6-3-7-11-24)21-31-26-14-18-28(19-15-26)33(34)35/h2-21H,1H3. The summed E-state index contributed by atoms with van der Waals surface area (Å²) in [4.78, 5) is 15.2. The lowest BCUT2D eigenvalue weighted by Gasteiger charge is -2.15. The Hall–Kier alpha value is -4.77. The molecule has 4 aromatic carbocycles. The molecule has 0 amide bonds. The predicted molar refractivity (Wildman–Crippen MR) is 142 cm³/mol. The van der Waals surface area contributed by atoms with Crippen LogP contribution in [-0.2, 0) is 0 Å². The number of aliphatic imine (C=N–C) groups is 1. The highest BCUT2D eigenvalue weighted by atomic mass is 16.6. The van der Waals surface area contributed by atoms with Gasteiger partial charge < -0.3 is 4.57 Å². The highest BCUT2D eigenvalue weighted by Gasteiger charge is 2.18. The lowest BCUT2D eigenvalue weighted by molar-refractivity contribution is -0.384. The van der Waals surface area contributed by atoms with Gasteiger partial charge in [0, 0.05) is 29.6 Å². The van der Waals surface area contributed by atoms with Crippen molar-refractivity contribution in [2.75, 3.05) is 0 Å². The zero-order valence-electron chi connectivity index (χ0n) is 19.2. The molecule has 0 unspecified atom stereocenters. The molecule has 5 aromatic rings. The summed E-state index contributed by atoms with van der Waals surface area (Å²) in [7, 11) is 0. The van der Waals surface area contributed by atoms with Crippen molar-refractivity contribution in [3.8, 4) is 28.2 Å². The number of hydrogen-bond donors (Lipinski definition) is 0. The van der Waals surface area contributed by atoms with Crippen LogP contribution in [0.5, 0.6) is 0 Å². The van der Waals surface area contributed by atoms with Crippen LogP contribution in [0.4, 0.5) is 11.4 Å². The minimum Gasteiger partial charge on any atom is -0.309 e. The second-order valence-corrected chi connectivity index (χ2v) is 8.27. The van der Waals surface area contributed by atoms with E-state index in [0.29, 0.717) is 5.69 Å². The first-order chi connectivity index (χ1) is 17.1. The number of aromatic nitrogens is 1. The molecule has 0 aliphatic carbocycles. The molecule has 0 radical (unpaired) electrons. The zero-order valence-corrected chi connectivity index (χ0v) is 19.2. The van der Waals surface area contributed by atoms with Gasteiger partial charge in [-0.1, -0.05) is 78.4 Å². The van der Waals surface area contributed by atoms with Gasteiger partial charge in [-0.2, -0.15) is 0 Å². The van der Waals surface area contributed by atoms with E-state index in [1.807, 2.05) is 42.6 Å². The molecular weight excluding hydrogens is 434 g/mol. The Bertz CT molecular complexity index is 1490. The van der Waals surface area contributed by atoms with Crippen LogP contribution in [0, 0.1) is 17.0 Å². The van der Waals surface area contributed by atoms with Crippen molar-refractivity contribution in [3.63, 3.8) is 0 Å². The summed E-state index contributed by atoms with van der Waals surface area (Å²) >= 11 is 0. The molecule has 5 heteroatoms. The lowest BCUT2D eigenvalue weighted by atomic mass is 10.1. The Kier molecular flexibility index (Phi) is 6.05. The molecule has 0 aliphatic heterocycles. The maximum Gasteiger partial charge on any atom is 0.269 e. The maximum atomic E-state index is 11.0. The maximum absolute atomic E-state index is 11.0. The van der Waals surface area contributed by atoms with Crippen LogP contribution in [0.15, 0.2) is 120 Å². The number of nitro benzene ring substituents is 1. The Labute approximate surface area is 203 Å². The van der Waals surface area contributed by atoms with Crippen molar-refractivity contribution in [1.82, 2.24) is 4.57 Å². The minimum atomic E-state index is -0.408. The molecule has 0 aliphatic rings. The van der Waals surface area contributed by atoms with Crippen molar-refractivity contribution >= 4 is 17.6 Å². The van der Waals surface area contributed by atoms with Gasteiger partial charge in [-0.25, -0.2) is 0 Å². The Morgan fingerprint density at radius 2 is 1.37 bits per heavy atom. The van der Waals surface area contributed by atoms with Gasteiger partial charge in [-0.05, 0) is 48.4 Å². The first-order valence-electron chi connectivity index (χ1n) is 11.3. The van der Waals surface area contributed by atoms with Crippen molar-refractivity contribution in [2.24, 2.45) is 4.99 Å². The number of hydrogen-bond acceptors (Lipinski definition) is 3. The van der Waals surface area contributed by atoms with Crippen LogP contribution < -0.4 is 0 Å². The van der Waals surface area contributed by atoms with Crippen LogP contribution in [0.3, 0.4) is 0 Å². The van der Waals surface area contributed by atoms with Gasteiger partial charge in [0.05, 0.1) is 22.0 Å². The fourth-order valence-electron chi connectivity index (χ4n) is 4.11. The van der Waals surface area contributed by atoms with E-state index in [1.54, 1.807) is 12.1 Å². The van der Waals surface area contributed by atoms with Crippen LogP contribution in [0.2, 0.25) is 0 Å². The number of aryl methyl sites for hydroxylation is 1. The molecule has 0 saturated heterocycles. The number of rotatable bonds is 6. The van der Waals surface area contributed by atoms with Gasteiger partial charge >= 0.3 is 0 Å². The third-order valence-electron chi connectivity index (χ3n) is 5.85. The second-order valence-electron chi connectivity index (χ2n) is 8.27. The van der Waals surface area contributed by atoms with E-state index >= 15 is 0 Å². The minimum absolute atomic E-state index is 0.0470. The Balaban J connectivity index is 1.72. The summed E-state index contributed by atoms with van der Waals surface area (Å²) in [5.74, 6) is 0. The first kappa shape index (κ1) is 22.0. The number of nitrogens with zero attached hydrogens (tertiary/aromatic N) is 3. The van der Waals surface area contributed by atoms with E-state index in [0.717, 1.165) is 33.8 Å². The van der Waals surface area contributed by atoms with E-state index < -0.39 is 4.92 Å². The zero-order chi connectivity index (χ0) is 24.2. The summed E-state index contributed by atoms with van der Waals surface area (Å²) in [5.41, 5.74) is 8.16. The third kappa shape index (κ3) is 4.66. The Morgan fingerprint density at radius 1 is 0.771 bits per heavy atom. The molecule has 0 atom stereocenters. The normalized spacial score (nSPS) is 11.1. The van der Waals surface area contributed by atoms with E-state index in [1.165, 1.54) is 17.7 Å². The van der Waals surface area contributed by atoms with E-state index in [4.69, 9.17) is 0 Å². The fraction of sp³-hybridized carbons (Fsp3) is 0.0333. The second kappa shape index (κ2) is 9.61. The topological polar surface area (TPSA) is 60.4 Å². The van der Waals surface area contributed by atoms with Crippen LogP contribution >= 0.6 is 0 Å². The van der Waals surface area contributed by atoms with Gasteiger partial charge in [0.2, 0.25) is 0 Å². The third-order valence-corrected chi connectivity index (χ3v) is 5.85. The molecule has 0 fully saturated rings. The molecule has 5 nitrogen and oxygen atoms in total. The van der Waals surface area contributed by atoms with E-state index in [-0.39, 0.29) is 5.69 Å². The lowest BCUT2D eigenvalue weighted by Crippen LogP contribution is -2.00. The number of non-ortho nitro benzene ring substituents is 1. The van der Waals surface area contributed by atoms with Gasteiger partial charge in [0.1, 0.15) is 0 Å². The molecule has 170 valence electrons. The summed E-state index contributed by atoms with van der Waals surface area (Å²) in [5, 5.41) is 11.0. The molecule has 35 heavy (non-hydrogen) atoms. The molecule has 0 saturated carbocycles. The molecular formula is C30H23N3O2. The molecule has 0 bridgehead atoms. The summed E-state index contributed by atoms with van der Waals surface area (Å²) < 4.78 is 2.27. The number of nitro groups is 1. The summed E-state index contributed by atoms with van der Waals surface area (Å²) in [6, 6.07) is 37.4. The largest absolute Gasteiger partial charge is 0.309 e. The predicted octanol–water partition coefficient (Wildman–Crippen LogP) is 7.78.